The Kier molecular flexibility index (Phi) is 5.23. The molecule has 1 amide bonds. The summed E-state index contributed by atoms with van der Waals surface area (Å²) in [7, 11) is 3.49. The molecule has 0 saturated heterocycles. The van der Waals surface area contributed by atoms with Gasteiger partial charge < -0.3 is 9.32 Å². The monoisotopic (exact) mass is 356 g/mol. The number of hydrogen-bond donors (Lipinski definition) is 0. The predicted octanol–water partition coefficient (Wildman–Crippen LogP) is 3.08. The normalized spacial score (nSPS) is 10.8. The second-order valence-corrected chi connectivity index (χ2v) is 6.86. The van der Waals surface area contributed by atoms with Gasteiger partial charge >= 0.3 is 0 Å². The zero-order chi connectivity index (χ0) is 17.8. The van der Waals surface area contributed by atoms with Crippen LogP contribution in [-0.4, -0.2) is 45.4 Å². The lowest BCUT2D eigenvalue weighted by Crippen LogP contribution is -2.23. The third-order valence-electron chi connectivity index (χ3n) is 3.71. The van der Waals surface area contributed by atoms with Gasteiger partial charge in [0.2, 0.25) is 5.91 Å². The van der Waals surface area contributed by atoms with Crippen LogP contribution in [0.3, 0.4) is 0 Å². The Bertz CT molecular complexity index is 856. The molecule has 130 valence electrons. The first kappa shape index (κ1) is 17.3. The van der Waals surface area contributed by atoms with E-state index >= 15 is 0 Å². The largest absolute Gasteiger partial charge is 0.467 e. The van der Waals surface area contributed by atoms with Crippen molar-refractivity contribution in [3.05, 3.63) is 54.0 Å². The lowest BCUT2D eigenvalue weighted by atomic mass is 10.1. The summed E-state index contributed by atoms with van der Waals surface area (Å²) >= 11 is 1.38. The Morgan fingerprint density at radius 1 is 1.24 bits per heavy atom. The maximum Gasteiger partial charge on any atom is 0.232 e. The molecule has 0 aliphatic carbocycles. The van der Waals surface area contributed by atoms with Crippen LogP contribution in [0.5, 0.6) is 0 Å². The molecule has 0 aliphatic rings. The molecule has 3 rings (SSSR count). The molecule has 0 radical (unpaired) electrons. The van der Waals surface area contributed by atoms with Crippen molar-refractivity contribution in [1.82, 2.24) is 19.7 Å². The van der Waals surface area contributed by atoms with Gasteiger partial charge in [0, 0.05) is 19.7 Å². The first-order valence-corrected chi connectivity index (χ1v) is 8.88. The van der Waals surface area contributed by atoms with Crippen LogP contribution in [0.25, 0.3) is 11.4 Å². The van der Waals surface area contributed by atoms with Crippen molar-refractivity contribution in [1.29, 1.82) is 0 Å². The van der Waals surface area contributed by atoms with Crippen molar-refractivity contribution in [2.24, 2.45) is 0 Å². The van der Waals surface area contributed by atoms with Gasteiger partial charge in [-0.3, -0.25) is 9.36 Å². The zero-order valence-electron chi connectivity index (χ0n) is 14.5. The minimum absolute atomic E-state index is 0.0367. The van der Waals surface area contributed by atoms with E-state index < -0.39 is 0 Å². The maximum absolute atomic E-state index is 11.9. The fourth-order valence-electron chi connectivity index (χ4n) is 2.35. The van der Waals surface area contributed by atoms with Crippen LogP contribution in [0.4, 0.5) is 0 Å². The highest BCUT2D eigenvalue weighted by Gasteiger charge is 2.17. The quantitative estimate of drug-likeness (QED) is 0.635. The van der Waals surface area contributed by atoms with Crippen LogP contribution < -0.4 is 0 Å². The summed E-state index contributed by atoms with van der Waals surface area (Å²) in [5, 5.41) is 9.35. The number of aryl methyl sites for hydroxylation is 1. The van der Waals surface area contributed by atoms with Crippen molar-refractivity contribution < 1.29 is 9.21 Å². The fraction of sp³-hybridized carbons (Fsp3) is 0.278. The minimum Gasteiger partial charge on any atom is -0.467 e. The Hall–Kier alpha value is -2.54. The molecular weight excluding hydrogens is 336 g/mol. The number of rotatable bonds is 6. The summed E-state index contributed by atoms with van der Waals surface area (Å²) < 4.78 is 7.47. The van der Waals surface area contributed by atoms with Crippen molar-refractivity contribution in [3.8, 4) is 11.4 Å². The second-order valence-electron chi connectivity index (χ2n) is 5.92. The summed E-state index contributed by atoms with van der Waals surface area (Å²) in [6.45, 7) is 2.56. The molecule has 3 aromatic rings. The van der Waals surface area contributed by atoms with Gasteiger partial charge in [0.1, 0.15) is 5.76 Å². The zero-order valence-corrected chi connectivity index (χ0v) is 15.3. The van der Waals surface area contributed by atoms with Crippen LogP contribution in [-0.2, 0) is 11.3 Å². The lowest BCUT2D eigenvalue weighted by molar-refractivity contribution is -0.125. The molecule has 0 spiro atoms. The van der Waals surface area contributed by atoms with E-state index in [1.165, 1.54) is 11.8 Å². The lowest BCUT2D eigenvalue weighted by Gasteiger charge is -2.11. The third-order valence-corrected chi connectivity index (χ3v) is 4.66. The smallest absolute Gasteiger partial charge is 0.232 e. The maximum atomic E-state index is 11.9. The molecule has 0 bridgehead atoms. The van der Waals surface area contributed by atoms with Crippen LogP contribution in [0.2, 0.25) is 0 Å². The Morgan fingerprint density at radius 2 is 2.08 bits per heavy atom. The summed E-state index contributed by atoms with van der Waals surface area (Å²) in [5.74, 6) is 1.93. The molecule has 1 aromatic carbocycles. The highest BCUT2D eigenvalue weighted by atomic mass is 32.2. The van der Waals surface area contributed by atoms with Gasteiger partial charge in [-0.1, -0.05) is 35.5 Å². The first-order valence-electron chi connectivity index (χ1n) is 7.90. The van der Waals surface area contributed by atoms with Gasteiger partial charge in [-0.05, 0) is 25.1 Å². The van der Waals surface area contributed by atoms with E-state index in [0.717, 1.165) is 22.7 Å². The van der Waals surface area contributed by atoms with Gasteiger partial charge in [-0.15, -0.1) is 10.2 Å². The number of thioether (sulfide) groups is 1. The average molecular weight is 356 g/mol. The Morgan fingerprint density at radius 3 is 2.76 bits per heavy atom. The van der Waals surface area contributed by atoms with Gasteiger partial charge in [0.05, 0.1) is 18.6 Å². The standard InChI is InChI=1S/C18H20N4O2S/c1-13-6-4-7-14(10-13)17-19-20-18(25-12-16(23)21(2)3)22(17)11-15-8-5-9-24-15/h4-10H,11-12H2,1-3H3. The molecule has 0 aliphatic heterocycles. The predicted molar refractivity (Wildman–Crippen MR) is 97.4 cm³/mol. The van der Waals surface area contributed by atoms with E-state index in [2.05, 4.69) is 16.3 Å². The topological polar surface area (TPSA) is 64.2 Å². The van der Waals surface area contributed by atoms with E-state index in [1.54, 1.807) is 25.3 Å². The third kappa shape index (κ3) is 4.11. The molecule has 2 heterocycles. The second kappa shape index (κ2) is 7.57. The van der Waals surface area contributed by atoms with Crippen molar-refractivity contribution in [2.75, 3.05) is 19.8 Å². The number of aromatic nitrogens is 3. The molecule has 6 nitrogen and oxygen atoms in total. The van der Waals surface area contributed by atoms with Crippen molar-refractivity contribution >= 4 is 17.7 Å². The molecule has 0 N–H and O–H groups in total. The van der Waals surface area contributed by atoms with Gasteiger partial charge in [-0.25, -0.2) is 0 Å². The Balaban J connectivity index is 1.93. The molecule has 0 saturated carbocycles. The highest BCUT2D eigenvalue weighted by molar-refractivity contribution is 7.99. The number of amides is 1. The molecular formula is C18H20N4O2S. The SMILES string of the molecule is Cc1cccc(-c2nnc(SCC(=O)N(C)C)n2Cc2ccco2)c1. The van der Waals surface area contributed by atoms with E-state index in [1.807, 2.05) is 41.8 Å². The number of benzene rings is 1. The molecule has 2 aromatic heterocycles. The van der Waals surface area contributed by atoms with E-state index in [9.17, 15) is 4.79 Å². The van der Waals surface area contributed by atoms with Crippen LogP contribution in [0.15, 0.2) is 52.2 Å². The fourth-order valence-corrected chi connectivity index (χ4v) is 3.27. The van der Waals surface area contributed by atoms with Crippen LogP contribution >= 0.6 is 11.8 Å². The van der Waals surface area contributed by atoms with Gasteiger partial charge in [0.15, 0.2) is 11.0 Å². The van der Waals surface area contributed by atoms with E-state index in [-0.39, 0.29) is 5.91 Å². The molecule has 7 heteroatoms. The molecule has 0 atom stereocenters. The first-order chi connectivity index (χ1) is 12.0. The summed E-state index contributed by atoms with van der Waals surface area (Å²) in [5.41, 5.74) is 2.15. The molecule has 25 heavy (non-hydrogen) atoms. The summed E-state index contributed by atoms with van der Waals surface area (Å²) in [6, 6.07) is 11.9. The summed E-state index contributed by atoms with van der Waals surface area (Å²) in [4.78, 5) is 13.5. The highest BCUT2D eigenvalue weighted by Crippen LogP contribution is 2.26. The number of carbonyl (C=O) groups excluding carboxylic acids is 1. The minimum atomic E-state index is 0.0367. The van der Waals surface area contributed by atoms with Crippen molar-refractivity contribution in [3.63, 3.8) is 0 Å². The van der Waals surface area contributed by atoms with Crippen LogP contribution in [0.1, 0.15) is 11.3 Å². The summed E-state index contributed by atoms with van der Waals surface area (Å²) in [6.07, 6.45) is 1.65. The van der Waals surface area contributed by atoms with Gasteiger partial charge in [-0.2, -0.15) is 0 Å². The number of hydrogen-bond acceptors (Lipinski definition) is 5. The average Bonchev–Trinajstić information content (AvgIpc) is 3.23. The molecule has 0 fully saturated rings. The van der Waals surface area contributed by atoms with Crippen LogP contribution in [0, 0.1) is 6.92 Å². The van der Waals surface area contributed by atoms with E-state index in [4.69, 9.17) is 4.42 Å². The Labute approximate surface area is 150 Å². The number of carbonyl (C=O) groups is 1. The van der Waals surface area contributed by atoms with E-state index in [0.29, 0.717) is 17.5 Å². The number of nitrogens with zero attached hydrogens (tertiary/aromatic N) is 4. The van der Waals surface area contributed by atoms with Crippen molar-refractivity contribution in [2.45, 2.75) is 18.6 Å². The molecule has 0 unspecified atom stereocenters. The number of furan rings is 1. The van der Waals surface area contributed by atoms with Gasteiger partial charge in [0.25, 0.3) is 0 Å².